The molecular weight excluding hydrogens is 226 g/mol. The smallest absolute Gasteiger partial charge is 0.327 e. The van der Waals surface area contributed by atoms with E-state index in [1.165, 1.54) is 0 Å². The SMILES string of the molecule is CC(=O)NC(CS(=O)(=O)CC=O)C(=O)O. The van der Waals surface area contributed by atoms with Gasteiger partial charge in [0, 0.05) is 6.92 Å². The highest BCUT2D eigenvalue weighted by Crippen LogP contribution is 1.95. The minimum absolute atomic E-state index is 0.169. The predicted molar refractivity (Wildman–Crippen MR) is 50.0 cm³/mol. The lowest BCUT2D eigenvalue weighted by molar-refractivity contribution is -0.140. The highest BCUT2D eigenvalue weighted by atomic mass is 32.2. The molecule has 0 saturated heterocycles. The van der Waals surface area contributed by atoms with Crippen LogP contribution in [0.15, 0.2) is 0 Å². The van der Waals surface area contributed by atoms with Crippen molar-refractivity contribution in [1.29, 1.82) is 0 Å². The van der Waals surface area contributed by atoms with Crippen LogP contribution in [0.1, 0.15) is 6.92 Å². The van der Waals surface area contributed by atoms with Crippen LogP contribution < -0.4 is 5.32 Å². The minimum Gasteiger partial charge on any atom is -0.480 e. The number of carboxylic acids is 1. The fourth-order valence-electron chi connectivity index (χ4n) is 0.846. The molecule has 8 heteroatoms. The van der Waals surface area contributed by atoms with E-state index in [9.17, 15) is 22.8 Å². The van der Waals surface area contributed by atoms with Crippen molar-refractivity contribution in [1.82, 2.24) is 5.32 Å². The average molecular weight is 237 g/mol. The molecule has 0 saturated carbocycles. The third-order valence-corrected chi connectivity index (χ3v) is 2.90. The van der Waals surface area contributed by atoms with Gasteiger partial charge in [-0.3, -0.25) is 4.79 Å². The van der Waals surface area contributed by atoms with Crippen molar-refractivity contribution in [2.24, 2.45) is 0 Å². The first-order chi connectivity index (χ1) is 6.78. The van der Waals surface area contributed by atoms with Gasteiger partial charge in [-0.15, -0.1) is 0 Å². The highest BCUT2D eigenvalue weighted by Gasteiger charge is 2.25. The van der Waals surface area contributed by atoms with Crippen LogP contribution in [0.2, 0.25) is 0 Å². The Bertz CT molecular complexity index is 360. The average Bonchev–Trinajstić information content (AvgIpc) is 2.00. The van der Waals surface area contributed by atoms with Crippen LogP contribution in [0.3, 0.4) is 0 Å². The molecule has 0 aliphatic carbocycles. The summed E-state index contributed by atoms with van der Waals surface area (Å²) < 4.78 is 22.2. The van der Waals surface area contributed by atoms with Crippen LogP contribution in [0.4, 0.5) is 0 Å². The van der Waals surface area contributed by atoms with Crippen molar-refractivity contribution in [2.75, 3.05) is 11.5 Å². The van der Waals surface area contributed by atoms with E-state index in [0.29, 0.717) is 0 Å². The van der Waals surface area contributed by atoms with Crippen LogP contribution in [0, 0.1) is 0 Å². The molecule has 7 nitrogen and oxygen atoms in total. The number of carbonyl (C=O) groups is 3. The fourth-order valence-corrected chi connectivity index (χ4v) is 1.92. The van der Waals surface area contributed by atoms with Gasteiger partial charge in [0.15, 0.2) is 9.84 Å². The number of amides is 1. The normalized spacial score (nSPS) is 12.9. The van der Waals surface area contributed by atoms with Crippen molar-refractivity contribution in [3.05, 3.63) is 0 Å². The zero-order valence-electron chi connectivity index (χ0n) is 7.97. The van der Waals surface area contributed by atoms with Gasteiger partial charge in [-0.2, -0.15) is 0 Å². The maximum Gasteiger partial charge on any atom is 0.327 e. The van der Waals surface area contributed by atoms with Gasteiger partial charge < -0.3 is 15.2 Å². The standard InChI is InChI=1S/C7H11NO6S/c1-5(10)8-6(7(11)12)4-15(13,14)3-2-9/h2,6H,3-4H2,1H3,(H,8,10)(H,11,12). The van der Waals surface area contributed by atoms with Crippen LogP contribution in [-0.4, -0.2) is 49.2 Å². The second kappa shape index (κ2) is 5.44. The molecule has 86 valence electrons. The molecule has 15 heavy (non-hydrogen) atoms. The molecule has 0 aromatic carbocycles. The molecule has 0 fully saturated rings. The summed E-state index contributed by atoms with van der Waals surface area (Å²) in [7, 11) is -3.79. The van der Waals surface area contributed by atoms with E-state index in [1.54, 1.807) is 0 Å². The summed E-state index contributed by atoms with van der Waals surface area (Å²) in [6, 6.07) is -1.52. The Balaban J connectivity index is 4.61. The number of aldehydes is 1. The summed E-state index contributed by atoms with van der Waals surface area (Å²) in [5.74, 6) is -3.65. The van der Waals surface area contributed by atoms with Crippen molar-refractivity contribution in [3.63, 3.8) is 0 Å². The largest absolute Gasteiger partial charge is 0.480 e. The molecule has 0 aliphatic rings. The number of hydrogen-bond acceptors (Lipinski definition) is 5. The zero-order chi connectivity index (χ0) is 12.1. The lowest BCUT2D eigenvalue weighted by Crippen LogP contribution is -2.44. The molecular formula is C7H11NO6S. The second-order valence-electron chi connectivity index (χ2n) is 2.83. The van der Waals surface area contributed by atoms with Crippen molar-refractivity contribution < 1.29 is 27.9 Å². The summed E-state index contributed by atoms with van der Waals surface area (Å²) in [5, 5.41) is 10.5. The van der Waals surface area contributed by atoms with Gasteiger partial charge >= 0.3 is 5.97 Å². The maximum atomic E-state index is 11.1. The van der Waals surface area contributed by atoms with Gasteiger partial charge in [0.05, 0.1) is 5.75 Å². The Morgan fingerprint density at radius 1 is 1.47 bits per heavy atom. The molecule has 1 atom stereocenters. The Morgan fingerprint density at radius 3 is 2.33 bits per heavy atom. The van der Waals surface area contributed by atoms with Gasteiger partial charge in [0.1, 0.15) is 18.1 Å². The van der Waals surface area contributed by atoms with Crippen molar-refractivity contribution >= 4 is 28.0 Å². The Hall–Kier alpha value is -1.44. The van der Waals surface area contributed by atoms with Gasteiger partial charge in [0.2, 0.25) is 5.91 Å². The third-order valence-electron chi connectivity index (χ3n) is 1.42. The van der Waals surface area contributed by atoms with Gasteiger partial charge in [-0.1, -0.05) is 0 Å². The number of carbonyl (C=O) groups excluding carboxylic acids is 2. The molecule has 0 radical (unpaired) electrons. The number of nitrogens with one attached hydrogen (secondary N) is 1. The summed E-state index contributed by atoms with van der Waals surface area (Å²) >= 11 is 0. The van der Waals surface area contributed by atoms with Crippen molar-refractivity contribution in [2.45, 2.75) is 13.0 Å². The number of aliphatic carboxylic acids is 1. The monoisotopic (exact) mass is 237 g/mol. The van der Waals surface area contributed by atoms with Gasteiger partial charge in [0.25, 0.3) is 0 Å². The van der Waals surface area contributed by atoms with Gasteiger partial charge in [-0.25, -0.2) is 13.2 Å². The predicted octanol–water partition coefficient (Wildman–Crippen LogP) is -1.81. The van der Waals surface area contributed by atoms with E-state index in [2.05, 4.69) is 0 Å². The topological polar surface area (TPSA) is 118 Å². The number of carboxylic acid groups (broad SMARTS) is 1. The molecule has 2 N–H and O–H groups in total. The first-order valence-corrected chi connectivity index (χ1v) is 5.74. The molecule has 0 aromatic rings. The van der Waals surface area contributed by atoms with E-state index in [4.69, 9.17) is 5.11 Å². The van der Waals surface area contributed by atoms with E-state index in [0.717, 1.165) is 6.92 Å². The number of hydrogen-bond donors (Lipinski definition) is 2. The molecule has 0 heterocycles. The van der Waals surface area contributed by atoms with Crippen LogP contribution in [0.25, 0.3) is 0 Å². The van der Waals surface area contributed by atoms with Gasteiger partial charge in [-0.05, 0) is 0 Å². The summed E-state index contributed by atoms with van der Waals surface area (Å²) in [6.07, 6.45) is 0.169. The first-order valence-electron chi connectivity index (χ1n) is 3.92. The van der Waals surface area contributed by atoms with E-state index >= 15 is 0 Å². The molecule has 0 aromatic heterocycles. The van der Waals surface area contributed by atoms with Crippen LogP contribution in [0.5, 0.6) is 0 Å². The summed E-state index contributed by atoms with van der Waals surface area (Å²) in [5.41, 5.74) is 0. The van der Waals surface area contributed by atoms with E-state index < -0.39 is 39.3 Å². The highest BCUT2D eigenvalue weighted by molar-refractivity contribution is 7.92. The first kappa shape index (κ1) is 13.6. The summed E-state index contributed by atoms with van der Waals surface area (Å²) in [4.78, 5) is 31.1. The lowest BCUT2D eigenvalue weighted by Gasteiger charge is -2.12. The molecule has 0 rings (SSSR count). The number of rotatable bonds is 6. The molecule has 0 bridgehead atoms. The summed E-state index contributed by atoms with van der Waals surface area (Å²) in [6.45, 7) is 1.07. The molecule has 0 spiro atoms. The fraction of sp³-hybridized carbons (Fsp3) is 0.571. The van der Waals surface area contributed by atoms with Crippen LogP contribution in [-0.2, 0) is 24.2 Å². The molecule has 0 aliphatic heterocycles. The van der Waals surface area contributed by atoms with E-state index in [1.807, 2.05) is 5.32 Å². The maximum absolute atomic E-state index is 11.1. The lowest BCUT2D eigenvalue weighted by atomic mass is 10.3. The molecule has 1 amide bonds. The van der Waals surface area contributed by atoms with Crippen molar-refractivity contribution in [3.8, 4) is 0 Å². The Kier molecular flexibility index (Phi) is 4.92. The zero-order valence-corrected chi connectivity index (χ0v) is 8.78. The van der Waals surface area contributed by atoms with Crippen LogP contribution >= 0.6 is 0 Å². The number of sulfone groups is 1. The Morgan fingerprint density at radius 2 is 2.00 bits per heavy atom. The van der Waals surface area contributed by atoms with E-state index in [-0.39, 0.29) is 6.29 Å². The second-order valence-corrected chi connectivity index (χ2v) is 4.99. The minimum atomic E-state index is -3.79. The molecule has 1 unspecified atom stereocenters. The Labute approximate surface area is 86.4 Å². The third kappa shape index (κ3) is 5.78. The quantitative estimate of drug-likeness (QED) is 0.526.